The molecule has 2 heterocycles. The summed E-state index contributed by atoms with van der Waals surface area (Å²) < 4.78 is 0. The van der Waals surface area contributed by atoms with E-state index in [9.17, 15) is 0 Å². The Bertz CT molecular complexity index is 408. The van der Waals surface area contributed by atoms with E-state index in [1.165, 1.54) is 41.9 Å². The predicted molar refractivity (Wildman–Crippen MR) is 61.0 cm³/mol. The van der Waals surface area contributed by atoms with E-state index >= 15 is 0 Å². The van der Waals surface area contributed by atoms with Gasteiger partial charge >= 0.3 is 0 Å². The van der Waals surface area contributed by atoms with Gasteiger partial charge in [0.15, 0.2) is 0 Å². The lowest BCUT2D eigenvalue weighted by Gasteiger charge is -2.17. The van der Waals surface area contributed by atoms with E-state index in [0.29, 0.717) is 0 Å². The lowest BCUT2D eigenvalue weighted by atomic mass is 9.93. The summed E-state index contributed by atoms with van der Waals surface area (Å²) >= 11 is 0. The molecule has 0 amide bonds. The van der Waals surface area contributed by atoms with Gasteiger partial charge in [-0.15, -0.1) is 0 Å². The van der Waals surface area contributed by atoms with Gasteiger partial charge in [-0.05, 0) is 19.3 Å². The zero-order valence-electron chi connectivity index (χ0n) is 9.27. The van der Waals surface area contributed by atoms with E-state index in [1.807, 2.05) is 0 Å². The molecule has 0 unspecified atom stereocenters. The SMILES string of the molecule is CN1CCc2c1[nH+]c1c(c2N)CCCC1. The number of likely N-dealkylation sites (N-methyl/N-ethyl adjacent to an activating group) is 1. The van der Waals surface area contributed by atoms with E-state index in [1.54, 1.807) is 0 Å². The quantitative estimate of drug-likeness (QED) is 0.684. The molecule has 0 bridgehead atoms. The fourth-order valence-corrected chi connectivity index (χ4v) is 2.84. The summed E-state index contributed by atoms with van der Waals surface area (Å²) in [5.41, 5.74) is 11.5. The molecule has 0 fully saturated rings. The minimum atomic E-state index is 1.07. The summed E-state index contributed by atoms with van der Waals surface area (Å²) in [6, 6.07) is 0. The number of hydrogen-bond donors (Lipinski definition) is 1. The van der Waals surface area contributed by atoms with Crippen molar-refractivity contribution in [1.29, 1.82) is 0 Å². The first-order chi connectivity index (χ1) is 7.27. The van der Waals surface area contributed by atoms with Crippen LogP contribution in [0, 0.1) is 0 Å². The van der Waals surface area contributed by atoms with E-state index in [-0.39, 0.29) is 0 Å². The molecular weight excluding hydrogens is 186 g/mol. The molecule has 0 atom stereocenters. The van der Waals surface area contributed by atoms with Crippen LogP contribution in [0.3, 0.4) is 0 Å². The zero-order chi connectivity index (χ0) is 10.4. The van der Waals surface area contributed by atoms with Crippen LogP contribution < -0.4 is 15.6 Å². The molecule has 3 nitrogen and oxygen atoms in total. The van der Waals surface area contributed by atoms with E-state index in [2.05, 4.69) is 16.9 Å². The number of nitrogens with one attached hydrogen (secondary N) is 1. The third kappa shape index (κ3) is 1.22. The minimum Gasteiger partial charge on any atom is -0.398 e. The van der Waals surface area contributed by atoms with Crippen LogP contribution >= 0.6 is 0 Å². The van der Waals surface area contributed by atoms with Gasteiger partial charge < -0.3 is 5.73 Å². The maximum atomic E-state index is 6.27. The number of nitrogens with two attached hydrogens (primary N) is 1. The second-order valence-electron chi connectivity index (χ2n) is 4.70. The van der Waals surface area contributed by atoms with Crippen LogP contribution in [0.15, 0.2) is 0 Å². The van der Waals surface area contributed by atoms with E-state index < -0.39 is 0 Å². The molecule has 2 aliphatic rings. The smallest absolute Gasteiger partial charge is 0.279 e. The summed E-state index contributed by atoms with van der Waals surface area (Å²) in [6.07, 6.45) is 6.02. The van der Waals surface area contributed by atoms with Crippen molar-refractivity contribution in [2.45, 2.75) is 32.1 Å². The van der Waals surface area contributed by atoms with Gasteiger partial charge in [-0.2, -0.15) is 0 Å². The molecule has 1 aromatic heterocycles. The van der Waals surface area contributed by atoms with Crippen molar-refractivity contribution in [3.63, 3.8) is 0 Å². The Morgan fingerprint density at radius 1 is 1.13 bits per heavy atom. The Labute approximate surface area is 90.3 Å². The Morgan fingerprint density at radius 2 is 1.93 bits per heavy atom. The molecule has 0 spiro atoms. The van der Waals surface area contributed by atoms with Gasteiger partial charge in [0.25, 0.3) is 5.82 Å². The van der Waals surface area contributed by atoms with Crippen molar-refractivity contribution in [2.24, 2.45) is 0 Å². The van der Waals surface area contributed by atoms with Crippen molar-refractivity contribution in [2.75, 3.05) is 24.2 Å². The molecular formula is C12H18N3+. The lowest BCUT2D eigenvalue weighted by Crippen LogP contribution is -2.27. The molecule has 0 saturated heterocycles. The second-order valence-corrected chi connectivity index (χ2v) is 4.70. The maximum absolute atomic E-state index is 6.27. The van der Waals surface area contributed by atoms with Crippen molar-refractivity contribution in [3.05, 3.63) is 16.8 Å². The summed E-state index contributed by atoms with van der Waals surface area (Å²) in [5.74, 6) is 1.26. The first-order valence-electron chi connectivity index (χ1n) is 5.84. The fourth-order valence-electron chi connectivity index (χ4n) is 2.84. The van der Waals surface area contributed by atoms with Gasteiger partial charge in [-0.3, -0.25) is 4.90 Å². The number of H-pyrrole nitrogens is 1. The average Bonchev–Trinajstić information content (AvgIpc) is 2.62. The fraction of sp³-hybridized carbons (Fsp3) is 0.583. The number of pyridine rings is 1. The summed E-state index contributed by atoms with van der Waals surface area (Å²) in [5, 5.41) is 0. The largest absolute Gasteiger partial charge is 0.398 e. The topological polar surface area (TPSA) is 43.4 Å². The van der Waals surface area contributed by atoms with Crippen LogP contribution in [-0.2, 0) is 19.3 Å². The highest BCUT2D eigenvalue weighted by atomic mass is 15.2. The summed E-state index contributed by atoms with van der Waals surface area (Å²) in [6.45, 7) is 1.10. The van der Waals surface area contributed by atoms with Crippen LogP contribution in [0.25, 0.3) is 0 Å². The zero-order valence-corrected chi connectivity index (χ0v) is 9.27. The van der Waals surface area contributed by atoms with E-state index in [4.69, 9.17) is 5.73 Å². The lowest BCUT2D eigenvalue weighted by molar-refractivity contribution is -0.377. The van der Waals surface area contributed by atoms with Gasteiger partial charge in [-0.1, -0.05) is 0 Å². The number of aryl methyl sites for hydroxylation is 1. The number of nitrogen functional groups attached to an aromatic ring is 1. The molecule has 80 valence electrons. The number of aromatic amines is 1. The van der Waals surface area contributed by atoms with Gasteiger partial charge in [0.2, 0.25) is 0 Å². The molecule has 15 heavy (non-hydrogen) atoms. The van der Waals surface area contributed by atoms with Crippen LogP contribution in [-0.4, -0.2) is 13.6 Å². The average molecular weight is 204 g/mol. The Balaban J connectivity index is 2.20. The number of anilines is 2. The van der Waals surface area contributed by atoms with Gasteiger partial charge in [0, 0.05) is 18.4 Å². The highest BCUT2D eigenvalue weighted by Gasteiger charge is 2.30. The molecule has 0 saturated carbocycles. The van der Waals surface area contributed by atoms with Crippen molar-refractivity contribution in [1.82, 2.24) is 0 Å². The molecule has 1 aliphatic carbocycles. The molecule has 3 rings (SSSR count). The highest BCUT2D eigenvalue weighted by Crippen LogP contribution is 2.33. The number of fused-ring (bicyclic) bond motifs is 2. The third-order valence-corrected chi connectivity index (χ3v) is 3.75. The Kier molecular flexibility index (Phi) is 1.87. The Hall–Kier alpha value is -1.25. The number of hydrogen-bond acceptors (Lipinski definition) is 2. The molecule has 3 N–H and O–H groups in total. The number of rotatable bonds is 0. The summed E-state index contributed by atoms with van der Waals surface area (Å²) in [4.78, 5) is 5.86. The summed E-state index contributed by atoms with van der Waals surface area (Å²) in [7, 11) is 2.14. The monoisotopic (exact) mass is 204 g/mol. The first kappa shape index (κ1) is 9.01. The number of nitrogens with zero attached hydrogens (tertiary/aromatic N) is 1. The molecule has 3 heteroatoms. The van der Waals surface area contributed by atoms with Crippen molar-refractivity contribution >= 4 is 11.5 Å². The predicted octanol–water partition coefficient (Wildman–Crippen LogP) is 0.954. The van der Waals surface area contributed by atoms with E-state index in [0.717, 1.165) is 25.1 Å². The standard InChI is InChI=1S/C12H17N3/c1-15-7-6-9-11(13)8-4-2-3-5-10(8)14-12(9)15/h2-7H2,1H3,(H2,13,14)/p+1. The highest BCUT2D eigenvalue weighted by molar-refractivity contribution is 5.65. The van der Waals surface area contributed by atoms with Gasteiger partial charge in [-0.25, -0.2) is 4.98 Å². The van der Waals surface area contributed by atoms with Crippen LogP contribution in [0.5, 0.6) is 0 Å². The third-order valence-electron chi connectivity index (χ3n) is 3.75. The van der Waals surface area contributed by atoms with Gasteiger partial charge in [0.05, 0.1) is 24.8 Å². The molecule has 0 radical (unpaired) electrons. The molecule has 0 aromatic carbocycles. The van der Waals surface area contributed by atoms with Crippen LogP contribution in [0.1, 0.15) is 29.7 Å². The second kappa shape index (κ2) is 3.12. The minimum absolute atomic E-state index is 1.07. The van der Waals surface area contributed by atoms with Crippen LogP contribution in [0.4, 0.5) is 11.5 Å². The Morgan fingerprint density at radius 3 is 2.80 bits per heavy atom. The van der Waals surface area contributed by atoms with Crippen molar-refractivity contribution < 1.29 is 4.98 Å². The molecule has 1 aromatic rings. The van der Waals surface area contributed by atoms with Crippen LogP contribution in [0.2, 0.25) is 0 Å². The van der Waals surface area contributed by atoms with Gasteiger partial charge in [0.1, 0.15) is 5.69 Å². The number of aromatic nitrogens is 1. The normalized spacial score (nSPS) is 18.9. The van der Waals surface area contributed by atoms with Crippen molar-refractivity contribution in [3.8, 4) is 0 Å². The maximum Gasteiger partial charge on any atom is 0.279 e. The molecule has 1 aliphatic heterocycles. The first-order valence-corrected chi connectivity index (χ1v) is 5.84.